The highest BCUT2D eigenvalue weighted by molar-refractivity contribution is 6.40. The van der Waals surface area contributed by atoms with Crippen molar-refractivity contribution in [3.63, 3.8) is 0 Å². The molecule has 1 rings (SSSR count). The van der Waals surface area contributed by atoms with Crippen molar-refractivity contribution in [2.75, 3.05) is 19.6 Å². The molecule has 1 fully saturated rings. The second-order valence-corrected chi connectivity index (χ2v) is 4.88. The lowest BCUT2D eigenvalue weighted by Crippen LogP contribution is -2.24. The fraction of sp³-hybridized carbons (Fsp3) is 0.909. The van der Waals surface area contributed by atoms with Crippen LogP contribution in [0.15, 0.2) is 0 Å². The van der Waals surface area contributed by atoms with Crippen molar-refractivity contribution in [1.29, 1.82) is 0 Å². The fourth-order valence-corrected chi connectivity index (χ4v) is 2.59. The number of hydrogen-bond donors (Lipinski definition) is 3. The maximum atomic E-state index is 11.1. The predicted molar refractivity (Wildman–Crippen MR) is 65.6 cm³/mol. The molecule has 0 spiro atoms. The molecule has 1 heterocycles. The van der Waals surface area contributed by atoms with Crippen LogP contribution < -0.4 is 0 Å². The highest BCUT2D eigenvalue weighted by atomic mass is 16.4. The summed E-state index contributed by atoms with van der Waals surface area (Å²) in [5.41, 5.74) is 0. The zero-order chi connectivity index (χ0) is 12.8. The molecule has 1 aliphatic heterocycles. The topological polar surface area (TPSA) is 81.0 Å². The van der Waals surface area contributed by atoms with E-state index in [2.05, 4.69) is 11.8 Å². The predicted octanol–water partition coefficient (Wildman–Crippen LogP) is 0.282. The molecule has 2 atom stereocenters. The van der Waals surface area contributed by atoms with E-state index in [9.17, 15) is 4.79 Å². The molecular formula is C11H22BNO4. The Morgan fingerprint density at radius 2 is 2.12 bits per heavy atom. The summed E-state index contributed by atoms with van der Waals surface area (Å²) in [5, 5.41) is 26.7. The third kappa shape index (κ3) is 4.65. The summed E-state index contributed by atoms with van der Waals surface area (Å²) in [4.78, 5) is 13.3. The molecule has 1 aliphatic rings. The Morgan fingerprint density at radius 1 is 1.41 bits per heavy atom. The van der Waals surface area contributed by atoms with Gasteiger partial charge in [-0.15, -0.1) is 0 Å². The minimum Gasteiger partial charge on any atom is -0.481 e. The number of aliphatic carboxylic acids is 1. The van der Waals surface area contributed by atoms with E-state index in [0.717, 1.165) is 25.9 Å². The molecule has 0 aromatic rings. The Hall–Kier alpha value is -0.585. The molecule has 0 aromatic carbocycles. The average molecular weight is 243 g/mol. The number of hydrogen-bond acceptors (Lipinski definition) is 4. The normalized spacial score (nSPS) is 25.1. The van der Waals surface area contributed by atoms with Crippen molar-refractivity contribution < 1.29 is 19.9 Å². The van der Waals surface area contributed by atoms with Crippen LogP contribution in [0, 0.1) is 11.8 Å². The summed E-state index contributed by atoms with van der Waals surface area (Å²) >= 11 is 0. The molecule has 0 aromatic heterocycles. The first-order chi connectivity index (χ1) is 8.04. The lowest BCUT2D eigenvalue weighted by atomic mass is 9.80. The van der Waals surface area contributed by atoms with Gasteiger partial charge in [0.1, 0.15) is 0 Å². The first-order valence-corrected chi connectivity index (χ1v) is 6.35. The second kappa shape index (κ2) is 6.98. The minimum atomic E-state index is -1.27. The molecular weight excluding hydrogens is 221 g/mol. The largest absolute Gasteiger partial charge is 0.481 e. The van der Waals surface area contributed by atoms with Gasteiger partial charge in [-0.1, -0.05) is 13.3 Å². The summed E-state index contributed by atoms with van der Waals surface area (Å²) in [7, 11) is -1.27. The van der Waals surface area contributed by atoms with Gasteiger partial charge in [-0.3, -0.25) is 4.79 Å². The van der Waals surface area contributed by atoms with E-state index in [1.54, 1.807) is 0 Å². The smallest absolute Gasteiger partial charge is 0.451 e. The third-order valence-corrected chi connectivity index (χ3v) is 3.41. The van der Waals surface area contributed by atoms with E-state index in [0.29, 0.717) is 19.3 Å². The van der Waals surface area contributed by atoms with Crippen LogP contribution in [0.4, 0.5) is 0 Å². The Morgan fingerprint density at radius 3 is 2.65 bits per heavy atom. The van der Waals surface area contributed by atoms with E-state index < -0.39 is 13.1 Å². The van der Waals surface area contributed by atoms with Crippen LogP contribution in [0.5, 0.6) is 0 Å². The van der Waals surface area contributed by atoms with Crippen LogP contribution in [0.3, 0.4) is 0 Å². The molecule has 0 amide bonds. The lowest BCUT2D eigenvalue weighted by molar-refractivity contribution is -0.142. The standard InChI is InChI=1S/C11H22BNO4/c1-2-6-13-7-9(4-3-5-12(16)17)10(8-13)11(14)15/h9-10,16-17H,2-8H2,1H3,(H,14,15)/t9-,10?/m0/s1. The van der Waals surface area contributed by atoms with Gasteiger partial charge in [0.05, 0.1) is 5.92 Å². The molecule has 5 nitrogen and oxygen atoms in total. The van der Waals surface area contributed by atoms with Crippen LogP contribution in [0.25, 0.3) is 0 Å². The molecule has 6 heteroatoms. The Balaban J connectivity index is 2.41. The Bertz CT molecular complexity index is 250. The number of carbonyl (C=O) groups is 1. The summed E-state index contributed by atoms with van der Waals surface area (Å²) in [6, 6.07) is 0. The van der Waals surface area contributed by atoms with Crippen molar-refractivity contribution in [2.45, 2.75) is 32.5 Å². The monoisotopic (exact) mass is 243 g/mol. The van der Waals surface area contributed by atoms with Gasteiger partial charge >= 0.3 is 13.1 Å². The molecule has 17 heavy (non-hydrogen) atoms. The molecule has 3 N–H and O–H groups in total. The molecule has 1 saturated heterocycles. The quantitative estimate of drug-likeness (QED) is 0.559. The summed E-state index contributed by atoms with van der Waals surface area (Å²) in [5.74, 6) is -0.867. The van der Waals surface area contributed by atoms with Gasteiger partial charge < -0.3 is 20.1 Å². The van der Waals surface area contributed by atoms with Gasteiger partial charge in [0.15, 0.2) is 0 Å². The van der Waals surface area contributed by atoms with E-state index in [4.69, 9.17) is 15.2 Å². The Kier molecular flexibility index (Phi) is 5.95. The molecule has 0 aliphatic carbocycles. The molecule has 1 unspecified atom stereocenters. The summed E-state index contributed by atoms with van der Waals surface area (Å²) in [6.45, 7) is 4.50. The van der Waals surface area contributed by atoms with E-state index >= 15 is 0 Å². The first kappa shape index (κ1) is 14.5. The fourth-order valence-electron chi connectivity index (χ4n) is 2.59. The maximum Gasteiger partial charge on any atom is 0.451 e. The van der Waals surface area contributed by atoms with Gasteiger partial charge in [-0.05, 0) is 31.6 Å². The average Bonchev–Trinajstić information content (AvgIpc) is 2.61. The lowest BCUT2D eigenvalue weighted by Gasteiger charge is -2.14. The van der Waals surface area contributed by atoms with Crippen molar-refractivity contribution in [1.82, 2.24) is 4.90 Å². The van der Waals surface area contributed by atoms with Crippen LogP contribution >= 0.6 is 0 Å². The van der Waals surface area contributed by atoms with Crippen LogP contribution in [0.1, 0.15) is 26.2 Å². The summed E-state index contributed by atoms with van der Waals surface area (Å²) < 4.78 is 0. The first-order valence-electron chi connectivity index (χ1n) is 6.35. The van der Waals surface area contributed by atoms with Gasteiger partial charge in [0, 0.05) is 13.1 Å². The highest BCUT2D eigenvalue weighted by Gasteiger charge is 2.36. The van der Waals surface area contributed by atoms with E-state index in [1.165, 1.54) is 0 Å². The SMILES string of the molecule is CCCN1CC(C(=O)O)[C@@H](CCCB(O)O)C1. The van der Waals surface area contributed by atoms with Gasteiger partial charge in [0.25, 0.3) is 0 Å². The van der Waals surface area contributed by atoms with Crippen LogP contribution in [0.2, 0.25) is 6.32 Å². The zero-order valence-electron chi connectivity index (χ0n) is 10.4. The van der Waals surface area contributed by atoms with E-state index in [1.807, 2.05) is 0 Å². The summed E-state index contributed by atoms with van der Waals surface area (Å²) in [6.07, 6.45) is 2.80. The van der Waals surface area contributed by atoms with Gasteiger partial charge in [-0.25, -0.2) is 0 Å². The maximum absolute atomic E-state index is 11.1. The molecule has 0 bridgehead atoms. The van der Waals surface area contributed by atoms with Crippen LogP contribution in [-0.4, -0.2) is 52.8 Å². The number of rotatable bonds is 7. The van der Waals surface area contributed by atoms with Gasteiger partial charge in [-0.2, -0.15) is 0 Å². The Labute approximate surface area is 103 Å². The minimum absolute atomic E-state index is 0.151. The van der Waals surface area contributed by atoms with Crippen molar-refractivity contribution >= 4 is 13.1 Å². The van der Waals surface area contributed by atoms with E-state index in [-0.39, 0.29) is 11.8 Å². The molecule has 0 radical (unpaired) electrons. The van der Waals surface area contributed by atoms with Crippen molar-refractivity contribution in [3.8, 4) is 0 Å². The van der Waals surface area contributed by atoms with Crippen LogP contribution in [-0.2, 0) is 4.79 Å². The third-order valence-electron chi connectivity index (χ3n) is 3.41. The number of carboxylic acid groups (broad SMARTS) is 1. The van der Waals surface area contributed by atoms with Crippen molar-refractivity contribution in [3.05, 3.63) is 0 Å². The number of nitrogens with zero attached hydrogens (tertiary/aromatic N) is 1. The van der Waals surface area contributed by atoms with Crippen molar-refractivity contribution in [2.24, 2.45) is 11.8 Å². The molecule has 0 saturated carbocycles. The zero-order valence-corrected chi connectivity index (χ0v) is 10.4. The van der Waals surface area contributed by atoms with Gasteiger partial charge in [0.2, 0.25) is 0 Å². The molecule has 98 valence electrons. The number of likely N-dealkylation sites (tertiary alicyclic amines) is 1. The second-order valence-electron chi connectivity index (χ2n) is 4.88. The highest BCUT2D eigenvalue weighted by Crippen LogP contribution is 2.28. The number of carboxylic acids is 1.